The number of rotatable bonds is 3. The largest absolute Gasteiger partial charge is 0.319 e. The Kier molecular flexibility index (Phi) is 3.72. The Morgan fingerprint density at radius 3 is 2.86 bits per heavy atom. The number of H-pyrrole nitrogens is 1. The minimum Gasteiger partial charge on any atom is -0.319 e. The van der Waals surface area contributed by atoms with Crippen LogP contribution in [0.1, 0.15) is 22.6 Å². The molecule has 0 fully saturated rings. The van der Waals surface area contributed by atoms with E-state index in [1.807, 2.05) is 0 Å². The Bertz CT molecular complexity index is 850. The zero-order chi connectivity index (χ0) is 15.7. The number of nitrogens with one attached hydrogen (secondary N) is 2. The fourth-order valence-corrected chi connectivity index (χ4v) is 2.23. The summed E-state index contributed by atoms with van der Waals surface area (Å²) in [5, 5.41) is 10.1. The molecule has 1 amide bonds. The quantitative estimate of drug-likeness (QED) is 0.770. The van der Waals surface area contributed by atoms with Crippen LogP contribution in [-0.4, -0.2) is 21.1 Å². The van der Waals surface area contributed by atoms with Crippen molar-refractivity contribution in [2.24, 2.45) is 0 Å². The molecule has 1 aromatic carbocycles. The second kappa shape index (κ2) is 5.69. The number of halogens is 3. The van der Waals surface area contributed by atoms with Crippen LogP contribution in [0.5, 0.6) is 0 Å². The van der Waals surface area contributed by atoms with Crippen LogP contribution in [0.25, 0.3) is 10.9 Å². The highest BCUT2D eigenvalue weighted by molar-refractivity contribution is 6.38. The molecule has 3 rings (SSSR count). The summed E-state index contributed by atoms with van der Waals surface area (Å²) in [5.74, 6) is -0.618. The highest BCUT2D eigenvalue weighted by Crippen LogP contribution is 2.30. The van der Waals surface area contributed by atoms with Crippen molar-refractivity contribution >= 4 is 34.1 Å². The topological polar surface area (TPSA) is 70.7 Å². The van der Waals surface area contributed by atoms with Crippen molar-refractivity contribution in [3.8, 4) is 0 Å². The zero-order valence-corrected chi connectivity index (χ0v) is 11.7. The Balaban J connectivity index is 1.89. The molecular formula is C14H9ClF2N4O. The van der Waals surface area contributed by atoms with Crippen molar-refractivity contribution in [1.29, 1.82) is 0 Å². The van der Waals surface area contributed by atoms with Gasteiger partial charge in [-0.25, -0.2) is 13.8 Å². The fourth-order valence-electron chi connectivity index (χ4n) is 1.97. The number of carbonyl (C=O) groups is 1. The molecule has 0 bridgehead atoms. The molecule has 8 heteroatoms. The maximum Gasteiger partial charge on any atom is 0.280 e. The summed E-state index contributed by atoms with van der Waals surface area (Å²) >= 11 is 6.18. The van der Waals surface area contributed by atoms with Crippen LogP contribution in [0.4, 0.5) is 14.5 Å². The summed E-state index contributed by atoms with van der Waals surface area (Å²) in [5.41, 5.74) is 0.510. The van der Waals surface area contributed by atoms with Crippen molar-refractivity contribution in [2.45, 2.75) is 6.43 Å². The number of pyridine rings is 1. The van der Waals surface area contributed by atoms with Crippen molar-refractivity contribution < 1.29 is 13.6 Å². The van der Waals surface area contributed by atoms with E-state index in [0.717, 1.165) is 11.6 Å². The predicted molar refractivity (Wildman–Crippen MR) is 78.3 cm³/mol. The Morgan fingerprint density at radius 1 is 1.27 bits per heavy atom. The normalized spacial score (nSPS) is 11.1. The molecular weight excluding hydrogens is 314 g/mol. The number of hydrogen-bond donors (Lipinski definition) is 2. The average molecular weight is 323 g/mol. The number of alkyl halides is 2. The van der Waals surface area contributed by atoms with Crippen molar-refractivity contribution in [3.05, 3.63) is 52.9 Å². The monoisotopic (exact) mass is 322 g/mol. The molecule has 112 valence electrons. The first kappa shape index (κ1) is 14.4. The molecule has 3 aromatic rings. The van der Waals surface area contributed by atoms with Gasteiger partial charge in [-0.1, -0.05) is 17.7 Å². The molecule has 0 radical (unpaired) electrons. The molecule has 0 aliphatic rings. The Labute approximate surface area is 128 Å². The maximum absolute atomic E-state index is 12.6. The molecule has 0 spiro atoms. The summed E-state index contributed by atoms with van der Waals surface area (Å²) in [6.45, 7) is 0. The molecule has 2 N–H and O–H groups in total. The molecule has 0 saturated carbocycles. The lowest BCUT2D eigenvalue weighted by molar-refractivity contribution is 0.102. The highest BCUT2D eigenvalue weighted by atomic mass is 35.5. The van der Waals surface area contributed by atoms with Gasteiger partial charge in [-0.2, -0.15) is 5.10 Å². The number of fused-ring (bicyclic) bond motifs is 1. The number of aromatic amines is 1. The smallest absolute Gasteiger partial charge is 0.280 e. The molecule has 0 unspecified atom stereocenters. The molecule has 5 nitrogen and oxygen atoms in total. The van der Waals surface area contributed by atoms with Gasteiger partial charge in [0.05, 0.1) is 22.4 Å². The van der Waals surface area contributed by atoms with Crippen molar-refractivity contribution in [3.63, 3.8) is 0 Å². The number of anilines is 1. The van der Waals surface area contributed by atoms with Crippen molar-refractivity contribution in [2.75, 3.05) is 5.32 Å². The van der Waals surface area contributed by atoms with E-state index in [9.17, 15) is 13.6 Å². The van der Waals surface area contributed by atoms with E-state index in [-0.39, 0.29) is 5.69 Å². The van der Waals surface area contributed by atoms with Crippen LogP contribution in [0.15, 0.2) is 36.5 Å². The summed E-state index contributed by atoms with van der Waals surface area (Å²) in [7, 11) is 0. The van der Waals surface area contributed by atoms with Crippen LogP contribution in [0, 0.1) is 0 Å². The van der Waals surface area contributed by atoms with E-state index in [0.29, 0.717) is 16.1 Å². The van der Waals surface area contributed by atoms with Gasteiger partial charge >= 0.3 is 0 Å². The van der Waals surface area contributed by atoms with E-state index in [1.54, 1.807) is 12.1 Å². The first-order valence-electron chi connectivity index (χ1n) is 6.24. The Hall–Kier alpha value is -2.54. The zero-order valence-electron chi connectivity index (χ0n) is 11.0. The molecule has 0 aliphatic carbocycles. The van der Waals surface area contributed by atoms with E-state index in [4.69, 9.17) is 11.6 Å². The first-order chi connectivity index (χ1) is 10.6. The number of benzene rings is 1. The maximum atomic E-state index is 12.6. The number of nitrogens with zero attached hydrogens (tertiary/aromatic N) is 2. The van der Waals surface area contributed by atoms with Crippen molar-refractivity contribution in [1.82, 2.24) is 15.2 Å². The summed E-state index contributed by atoms with van der Waals surface area (Å²) < 4.78 is 25.2. The average Bonchev–Trinajstić information content (AvgIpc) is 2.99. The standard InChI is InChI=1S/C14H9ClF2N4O/c15-12-7-6-18-21-8(7)4-5-9(12)20-14(22)11-3-1-2-10(19-11)13(16)17/h1-6,13H,(H,18,21)(H,20,22). The molecule has 0 saturated heterocycles. The highest BCUT2D eigenvalue weighted by Gasteiger charge is 2.15. The Morgan fingerprint density at radius 2 is 2.09 bits per heavy atom. The molecule has 2 aromatic heterocycles. The molecule has 2 heterocycles. The van der Waals surface area contributed by atoms with Gasteiger partial charge in [0.15, 0.2) is 0 Å². The number of amides is 1. The lowest BCUT2D eigenvalue weighted by Gasteiger charge is -2.08. The molecule has 0 atom stereocenters. The van der Waals surface area contributed by atoms with Gasteiger partial charge in [0.1, 0.15) is 11.4 Å². The van der Waals surface area contributed by atoms with Gasteiger partial charge in [0.25, 0.3) is 12.3 Å². The summed E-state index contributed by atoms with van der Waals surface area (Å²) in [4.78, 5) is 15.7. The third-order valence-electron chi connectivity index (χ3n) is 3.03. The van der Waals surface area contributed by atoms with E-state index in [1.165, 1.54) is 18.3 Å². The van der Waals surface area contributed by atoms with Gasteiger partial charge in [-0.05, 0) is 24.3 Å². The second-order valence-corrected chi connectivity index (χ2v) is 4.84. The second-order valence-electron chi connectivity index (χ2n) is 4.46. The number of hydrogen-bond acceptors (Lipinski definition) is 3. The lowest BCUT2D eigenvalue weighted by atomic mass is 10.2. The van der Waals surface area contributed by atoms with Crippen LogP contribution in [0.3, 0.4) is 0 Å². The lowest BCUT2D eigenvalue weighted by Crippen LogP contribution is -2.14. The van der Waals surface area contributed by atoms with Gasteiger partial charge < -0.3 is 5.32 Å². The van der Waals surface area contributed by atoms with E-state index >= 15 is 0 Å². The minimum atomic E-state index is -2.74. The van der Waals surface area contributed by atoms with Crippen LogP contribution >= 0.6 is 11.6 Å². The molecule has 0 aliphatic heterocycles. The van der Waals surface area contributed by atoms with E-state index in [2.05, 4.69) is 20.5 Å². The van der Waals surface area contributed by atoms with Crippen LogP contribution in [-0.2, 0) is 0 Å². The first-order valence-corrected chi connectivity index (χ1v) is 6.62. The van der Waals surface area contributed by atoms with Crippen LogP contribution < -0.4 is 5.32 Å². The van der Waals surface area contributed by atoms with Gasteiger partial charge in [-0.3, -0.25) is 9.89 Å². The molecule has 22 heavy (non-hydrogen) atoms. The van der Waals surface area contributed by atoms with Gasteiger partial charge in [0, 0.05) is 5.39 Å². The number of carbonyl (C=O) groups excluding carboxylic acids is 1. The number of aromatic nitrogens is 3. The summed E-state index contributed by atoms with van der Waals surface area (Å²) in [6, 6.07) is 7.16. The SMILES string of the molecule is O=C(Nc1ccc2[nH]ncc2c1Cl)c1cccc(C(F)F)n1. The summed E-state index contributed by atoms with van der Waals surface area (Å²) in [6.07, 6.45) is -1.21. The third kappa shape index (κ3) is 2.62. The van der Waals surface area contributed by atoms with Gasteiger partial charge in [0.2, 0.25) is 0 Å². The van der Waals surface area contributed by atoms with Gasteiger partial charge in [-0.15, -0.1) is 0 Å². The van der Waals surface area contributed by atoms with Crippen LogP contribution in [0.2, 0.25) is 5.02 Å². The van der Waals surface area contributed by atoms with E-state index < -0.39 is 18.0 Å². The minimum absolute atomic E-state index is 0.110. The third-order valence-corrected chi connectivity index (χ3v) is 3.44. The fraction of sp³-hybridized carbons (Fsp3) is 0.0714. The predicted octanol–water partition coefficient (Wildman–Crippen LogP) is 3.80.